The molecule has 0 N–H and O–H groups in total. The fourth-order valence-electron chi connectivity index (χ4n) is 3.00. The zero-order chi connectivity index (χ0) is 16.4. The van der Waals surface area contributed by atoms with E-state index >= 15 is 0 Å². The lowest BCUT2D eigenvalue weighted by Gasteiger charge is -2.04. The Bertz CT molecular complexity index is 802. The Hall–Kier alpha value is -1.99. The van der Waals surface area contributed by atoms with Crippen LogP contribution in [0.1, 0.15) is 42.0 Å². The van der Waals surface area contributed by atoms with Crippen molar-refractivity contribution in [2.45, 2.75) is 33.6 Å². The van der Waals surface area contributed by atoms with Crippen LogP contribution >= 0.6 is 0 Å². The summed E-state index contributed by atoms with van der Waals surface area (Å²) in [5, 5.41) is 2.11. The number of rotatable bonds is 3. The van der Waals surface area contributed by atoms with Gasteiger partial charge in [0.05, 0.1) is 0 Å². The zero-order valence-corrected chi connectivity index (χ0v) is 15.1. The average molecular weight is 319 g/mol. The molecule has 3 aliphatic rings. The van der Waals surface area contributed by atoms with Crippen molar-refractivity contribution < 1.29 is 0 Å². The minimum Gasteiger partial charge on any atom is -0.0587 e. The topological polar surface area (TPSA) is 0 Å². The van der Waals surface area contributed by atoms with Gasteiger partial charge in [0.15, 0.2) is 5.37 Å². The smallest absolute Gasteiger partial charge is 0.0587 e. The second kappa shape index (κ2) is 6.64. The maximum absolute atomic E-state index is 2.36. The standard InChI is InChI=1S/C22H23S/c1-15(2)18-11-10-16(3)22-19(13-17(4)21(22)14-18)7-5-8-20-9-6-12-23-20/h5-15H,1-4H3/q+1/b7-5+,20-8-. The zero-order valence-electron chi connectivity index (χ0n) is 14.3. The largest absolute Gasteiger partial charge is 0.230 e. The fraction of sp³-hybridized carbons (Fsp3) is 0.227. The molecular formula is C22H23S+. The first-order valence-electron chi connectivity index (χ1n) is 8.15. The van der Waals surface area contributed by atoms with Crippen molar-refractivity contribution in [3.63, 3.8) is 0 Å². The van der Waals surface area contributed by atoms with Crippen LogP contribution in [0.15, 0.2) is 53.5 Å². The molecule has 3 rings (SSSR count). The van der Waals surface area contributed by atoms with E-state index in [-0.39, 0.29) is 0 Å². The van der Waals surface area contributed by atoms with Crippen LogP contribution in [-0.4, -0.2) is 5.37 Å². The minimum atomic E-state index is 0.547. The van der Waals surface area contributed by atoms with E-state index < -0.39 is 0 Å². The monoisotopic (exact) mass is 319 g/mol. The molecule has 0 nitrogen and oxygen atoms in total. The van der Waals surface area contributed by atoms with E-state index in [9.17, 15) is 0 Å². The van der Waals surface area contributed by atoms with Gasteiger partial charge in [-0.25, -0.2) is 0 Å². The predicted octanol–water partition coefficient (Wildman–Crippen LogP) is 5.88. The summed E-state index contributed by atoms with van der Waals surface area (Å²) >= 11 is 1.77. The minimum absolute atomic E-state index is 0.547. The number of aryl methyl sites for hydroxylation is 2. The van der Waals surface area contributed by atoms with Crippen LogP contribution in [0.5, 0.6) is 0 Å². The van der Waals surface area contributed by atoms with Gasteiger partial charge >= 0.3 is 0 Å². The van der Waals surface area contributed by atoms with Crippen molar-refractivity contribution in [2.75, 3.05) is 0 Å². The lowest BCUT2D eigenvalue weighted by Crippen LogP contribution is -1.84. The summed E-state index contributed by atoms with van der Waals surface area (Å²) in [6.45, 7) is 8.94. The number of hydrogen-bond donors (Lipinski definition) is 0. The molecule has 0 atom stereocenters. The molecular weight excluding hydrogens is 296 g/mol. The Morgan fingerprint density at radius 1 is 1.04 bits per heavy atom. The maximum Gasteiger partial charge on any atom is 0.230 e. The molecule has 0 aromatic heterocycles. The number of hydrogen-bond acceptors (Lipinski definition) is 0. The summed E-state index contributed by atoms with van der Waals surface area (Å²) in [5.74, 6) is 0.547. The Morgan fingerprint density at radius 2 is 1.87 bits per heavy atom. The molecule has 0 radical (unpaired) electrons. The van der Waals surface area contributed by atoms with Crippen molar-refractivity contribution in [3.05, 3.63) is 75.7 Å². The van der Waals surface area contributed by atoms with Gasteiger partial charge in [0.25, 0.3) is 0 Å². The van der Waals surface area contributed by atoms with Gasteiger partial charge in [0.1, 0.15) is 0 Å². The van der Waals surface area contributed by atoms with Crippen LogP contribution < -0.4 is 0 Å². The summed E-state index contributed by atoms with van der Waals surface area (Å²) in [6, 6.07) is 9.20. The van der Waals surface area contributed by atoms with Gasteiger partial charge in [0.2, 0.25) is 16.3 Å². The Morgan fingerprint density at radius 3 is 2.57 bits per heavy atom. The highest BCUT2D eigenvalue weighted by Crippen LogP contribution is 2.36. The Kier molecular flexibility index (Phi) is 4.58. The lowest BCUT2D eigenvalue weighted by molar-refractivity contribution is 0.868. The van der Waals surface area contributed by atoms with Crippen molar-refractivity contribution in [1.82, 2.24) is 0 Å². The Labute approximate surface area is 143 Å². The first kappa shape index (κ1) is 15.9. The van der Waals surface area contributed by atoms with Gasteiger partial charge in [0, 0.05) is 18.2 Å². The fourth-order valence-corrected chi connectivity index (χ4v) is 3.63. The summed E-state index contributed by atoms with van der Waals surface area (Å²) in [4.78, 5) is 1.29. The SMILES string of the molecule is Cc1cc(/C=C/C=C2/C=CC=[S+]2)c2c(C)ccc(C(C)C)cc1-2. The molecule has 1 aliphatic heterocycles. The van der Waals surface area contributed by atoms with E-state index in [0.717, 1.165) is 0 Å². The second-order valence-electron chi connectivity index (χ2n) is 6.43. The van der Waals surface area contributed by atoms with E-state index in [1.807, 2.05) is 0 Å². The highest BCUT2D eigenvalue weighted by molar-refractivity contribution is 7.82. The van der Waals surface area contributed by atoms with E-state index in [1.54, 1.807) is 11.4 Å². The van der Waals surface area contributed by atoms with E-state index in [1.165, 1.54) is 38.3 Å². The normalized spacial score (nSPS) is 15.8. The van der Waals surface area contributed by atoms with Gasteiger partial charge in [-0.15, -0.1) is 0 Å². The molecule has 0 saturated carbocycles. The van der Waals surface area contributed by atoms with Crippen LogP contribution in [0.4, 0.5) is 0 Å². The number of allylic oxidation sites excluding steroid dienone is 4. The quantitative estimate of drug-likeness (QED) is 0.489. The molecule has 0 amide bonds. The third kappa shape index (κ3) is 3.35. The van der Waals surface area contributed by atoms with Gasteiger partial charge in [-0.1, -0.05) is 50.3 Å². The highest BCUT2D eigenvalue weighted by Gasteiger charge is 2.14. The lowest BCUT2D eigenvalue weighted by atomic mass is 10.0. The molecule has 1 heterocycles. The van der Waals surface area contributed by atoms with Crippen molar-refractivity contribution in [3.8, 4) is 11.1 Å². The molecule has 0 saturated heterocycles. The van der Waals surface area contributed by atoms with Crippen LogP contribution in [-0.2, 0) is 11.4 Å². The van der Waals surface area contributed by atoms with Gasteiger partial charge < -0.3 is 0 Å². The third-order valence-electron chi connectivity index (χ3n) is 4.33. The van der Waals surface area contributed by atoms with E-state index in [4.69, 9.17) is 0 Å². The van der Waals surface area contributed by atoms with E-state index in [0.29, 0.717) is 5.92 Å². The van der Waals surface area contributed by atoms with Gasteiger partial charge in [-0.2, -0.15) is 0 Å². The maximum atomic E-state index is 2.36. The predicted molar refractivity (Wildman–Crippen MR) is 106 cm³/mol. The first-order chi connectivity index (χ1) is 11.1. The molecule has 2 aliphatic carbocycles. The first-order valence-corrected chi connectivity index (χ1v) is 9.03. The molecule has 0 bridgehead atoms. The van der Waals surface area contributed by atoms with Crippen LogP contribution in [0.25, 0.3) is 17.2 Å². The molecule has 0 spiro atoms. The Balaban J connectivity index is 2.04. The number of fused-ring (bicyclic) bond motifs is 1. The molecule has 0 aromatic rings. The summed E-state index contributed by atoms with van der Waals surface area (Å²) < 4.78 is 0. The third-order valence-corrected chi connectivity index (χ3v) is 5.17. The van der Waals surface area contributed by atoms with E-state index in [2.05, 4.69) is 87.7 Å². The van der Waals surface area contributed by atoms with Gasteiger partial charge in [-0.05, 0) is 53.1 Å². The average Bonchev–Trinajstić information content (AvgIpc) is 3.07. The molecule has 1 heteroatoms. The molecule has 0 fully saturated rings. The van der Waals surface area contributed by atoms with Crippen LogP contribution in [0.2, 0.25) is 0 Å². The second-order valence-corrected chi connectivity index (χ2v) is 7.41. The van der Waals surface area contributed by atoms with Crippen LogP contribution in [0, 0.1) is 13.8 Å². The molecule has 0 aromatic carbocycles. The summed E-state index contributed by atoms with van der Waals surface area (Å²) in [7, 11) is 0. The van der Waals surface area contributed by atoms with Crippen molar-refractivity contribution in [2.24, 2.45) is 0 Å². The van der Waals surface area contributed by atoms with Crippen LogP contribution in [0.3, 0.4) is 0 Å². The highest BCUT2D eigenvalue weighted by atomic mass is 32.1. The van der Waals surface area contributed by atoms with Crippen molar-refractivity contribution in [1.29, 1.82) is 0 Å². The molecule has 116 valence electrons. The summed E-state index contributed by atoms with van der Waals surface area (Å²) in [5.41, 5.74) is 8.18. The summed E-state index contributed by atoms with van der Waals surface area (Å²) in [6.07, 6.45) is 10.8. The molecule has 23 heavy (non-hydrogen) atoms. The molecule has 0 unspecified atom stereocenters. The van der Waals surface area contributed by atoms with Gasteiger partial charge in [-0.3, -0.25) is 0 Å². The van der Waals surface area contributed by atoms with Crippen molar-refractivity contribution >= 4 is 22.8 Å².